The Morgan fingerprint density at radius 3 is 2.19 bits per heavy atom. The molecule has 2 aromatic carbocycles. The third-order valence-electron chi connectivity index (χ3n) is 4.92. The number of aryl methyl sites for hydroxylation is 1. The Hall–Kier alpha value is -3.87. The van der Waals surface area contributed by atoms with E-state index < -0.39 is 0 Å². The molecule has 156 valence electrons. The number of nitrogens with zero attached hydrogens (tertiary/aromatic N) is 2. The van der Waals surface area contributed by atoms with Gasteiger partial charge < -0.3 is 5.32 Å². The van der Waals surface area contributed by atoms with Crippen LogP contribution in [0, 0.1) is 11.6 Å². The van der Waals surface area contributed by atoms with Gasteiger partial charge in [-0.05, 0) is 79.1 Å². The molecule has 1 amide bonds. The Labute approximate surface area is 178 Å². The van der Waals surface area contributed by atoms with Gasteiger partial charge >= 0.3 is 0 Å². The van der Waals surface area contributed by atoms with Crippen LogP contribution in [0.1, 0.15) is 22.5 Å². The molecule has 4 aromatic rings. The zero-order valence-corrected chi connectivity index (χ0v) is 16.6. The second-order valence-corrected chi connectivity index (χ2v) is 7.03. The number of halogens is 2. The van der Waals surface area contributed by atoms with Gasteiger partial charge in [0.2, 0.25) is 0 Å². The van der Waals surface area contributed by atoms with E-state index >= 15 is 0 Å². The fraction of sp³-hybridized carbons (Fsp3) is 0.125. The zero-order valence-electron chi connectivity index (χ0n) is 16.6. The lowest BCUT2D eigenvalue weighted by Gasteiger charge is -2.08. The Bertz CT molecular complexity index is 1160. The molecule has 0 saturated carbocycles. The van der Waals surface area contributed by atoms with Gasteiger partial charge in [-0.25, -0.2) is 8.78 Å². The van der Waals surface area contributed by atoms with E-state index in [1.165, 1.54) is 36.4 Å². The molecule has 0 unspecified atom stereocenters. The van der Waals surface area contributed by atoms with Crippen LogP contribution in [0.2, 0.25) is 0 Å². The third-order valence-corrected chi connectivity index (χ3v) is 4.92. The lowest BCUT2D eigenvalue weighted by atomic mass is 9.98. The standard InChI is InChI=1S/C24H20F2N4O/c25-19-7-3-17(4-8-19)23-22(16-11-14-27-15-12-16)21(29-30-23)2-1-13-28-24(31)18-5-9-20(26)10-6-18/h3-12,14-15H,1-2,13H2,(H,28,31)(H,29,30). The number of aromatic amines is 1. The number of rotatable bonds is 7. The predicted octanol–water partition coefficient (Wildman–Crippen LogP) is 4.78. The number of hydrogen-bond acceptors (Lipinski definition) is 3. The lowest BCUT2D eigenvalue weighted by Crippen LogP contribution is -2.24. The van der Waals surface area contributed by atoms with Crippen molar-refractivity contribution >= 4 is 5.91 Å². The quantitative estimate of drug-likeness (QED) is 0.425. The molecule has 5 nitrogen and oxygen atoms in total. The number of H-pyrrole nitrogens is 1. The molecule has 0 fully saturated rings. The molecule has 0 atom stereocenters. The maximum absolute atomic E-state index is 13.4. The monoisotopic (exact) mass is 418 g/mol. The smallest absolute Gasteiger partial charge is 0.251 e. The van der Waals surface area contributed by atoms with Gasteiger partial charge in [0.05, 0.1) is 0 Å². The van der Waals surface area contributed by atoms with Gasteiger partial charge in [0.15, 0.2) is 0 Å². The maximum Gasteiger partial charge on any atom is 0.251 e. The number of hydrogen-bond donors (Lipinski definition) is 2. The molecule has 0 aliphatic carbocycles. The molecule has 2 aromatic heterocycles. The molecule has 0 aliphatic rings. The topological polar surface area (TPSA) is 70.7 Å². The molecule has 31 heavy (non-hydrogen) atoms. The zero-order chi connectivity index (χ0) is 21.6. The average molecular weight is 418 g/mol. The molecular formula is C24H20F2N4O. The van der Waals surface area contributed by atoms with Crippen LogP contribution in [-0.4, -0.2) is 27.6 Å². The van der Waals surface area contributed by atoms with E-state index in [2.05, 4.69) is 20.5 Å². The van der Waals surface area contributed by atoms with Gasteiger partial charge in [-0.15, -0.1) is 0 Å². The third kappa shape index (κ3) is 4.83. The fourth-order valence-corrected chi connectivity index (χ4v) is 3.38. The van der Waals surface area contributed by atoms with Crippen LogP contribution in [0.3, 0.4) is 0 Å². The van der Waals surface area contributed by atoms with Crippen molar-refractivity contribution in [2.75, 3.05) is 6.54 Å². The van der Waals surface area contributed by atoms with E-state index in [1.54, 1.807) is 24.5 Å². The van der Waals surface area contributed by atoms with Gasteiger partial charge in [-0.1, -0.05) is 0 Å². The highest BCUT2D eigenvalue weighted by atomic mass is 19.1. The van der Waals surface area contributed by atoms with Crippen LogP contribution in [0.5, 0.6) is 0 Å². The largest absolute Gasteiger partial charge is 0.352 e. The summed E-state index contributed by atoms with van der Waals surface area (Å²) in [7, 11) is 0. The fourth-order valence-electron chi connectivity index (χ4n) is 3.38. The van der Waals surface area contributed by atoms with Crippen molar-refractivity contribution in [3.05, 3.63) is 95.9 Å². The number of amides is 1. The van der Waals surface area contributed by atoms with Crippen molar-refractivity contribution in [3.63, 3.8) is 0 Å². The minimum atomic E-state index is -0.378. The first-order chi connectivity index (χ1) is 15.1. The molecule has 7 heteroatoms. The first kappa shape index (κ1) is 20.4. The molecule has 0 radical (unpaired) electrons. The van der Waals surface area contributed by atoms with Crippen molar-refractivity contribution in [3.8, 4) is 22.4 Å². The van der Waals surface area contributed by atoms with Crippen LogP contribution >= 0.6 is 0 Å². The lowest BCUT2D eigenvalue weighted by molar-refractivity contribution is 0.0953. The Morgan fingerprint density at radius 1 is 0.871 bits per heavy atom. The molecule has 0 saturated heterocycles. The van der Waals surface area contributed by atoms with E-state index in [9.17, 15) is 13.6 Å². The highest BCUT2D eigenvalue weighted by Gasteiger charge is 2.17. The summed E-state index contributed by atoms with van der Waals surface area (Å²) >= 11 is 0. The van der Waals surface area contributed by atoms with Crippen LogP contribution in [0.4, 0.5) is 8.78 Å². The first-order valence-electron chi connectivity index (χ1n) is 9.89. The van der Waals surface area contributed by atoms with Crippen molar-refractivity contribution in [2.45, 2.75) is 12.8 Å². The number of pyridine rings is 1. The molecule has 0 bridgehead atoms. The highest BCUT2D eigenvalue weighted by molar-refractivity contribution is 5.94. The van der Waals surface area contributed by atoms with E-state index in [0.29, 0.717) is 24.9 Å². The Kier molecular flexibility index (Phi) is 6.12. The summed E-state index contributed by atoms with van der Waals surface area (Å²) in [5, 5.41) is 10.4. The predicted molar refractivity (Wildman–Crippen MR) is 114 cm³/mol. The summed E-state index contributed by atoms with van der Waals surface area (Å²) in [5.41, 5.74) is 4.75. The van der Waals surface area contributed by atoms with Crippen molar-refractivity contribution in [2.24, 2.45) is 0 Å². The van der Waals surface area contributed by atoms with Crippen LogP contribution < -0.4 is 5.32 Å². The van der Waals surface area contributed by atoms with Crippen LogP contribution in [0.15, 0.2) is 73.1 Å². The van der Waals surface area contributed by atoms with E-state index in [-0.39, 0.29) is 17.5 Å². The van der Waals surface area contributed by atoms with Gasteiger partial charge in [-0.2, -0.15) is 5.10 Å². The van der Waals surface area contributed by atoms with Gasteiger partial charge in [0.25, 0.3) is 5.91 Å². The molecule has 0 spiro atoms. The SMILES string of the molecule is O=C(NCCCc1[nH]nc(-c2ccc(F)cc2)c1-c1ccncc1)c1ccc(F)cc1. The second kappa shape index (κ2) is 9.30. The summed E-state index contributed by atoms with van der Waals surface area (Å²) in [6, 6.07) is 15.4. The van der Waals surface area contributed by atoms with Gasteiger partial charge in [0, 0.05) is 41.3 Å². The maximum atomic E-state index is 13.4. The minimum absolute atomic E-state index is 0.244. The summed E-state index contributed by atoms with van der Waals surface area (Å²) in [6.07, 6.45) is 4.75. The average Bonchev–Trinajstić information content (AvgIpc) is 3.22. The van der Waals surface area contributed by atoms with E-state index in [1.807, 2.05) is 12.1 Å². The van der Waals surface area contributed by atoms with Gasteiger partial charge in [-0.3, -0.25) is 14.9 Å². The summed E-state index contributed by atoms with van der Waals surface area (Å²) in [5.74, 6) is -0.927. The number of carbonyl (C=O) groups is 1. The summed E-state index contributed by atoms with van der Waals surface area (Å²) < 4.78 is 26.4. The minimum Gasteiger partial charge on any atom is -0.352 e. The molecule has 2 heterocycles. The van der Waals surface area contributed by atoms with Gasteiger partial charge in [0.1, 0.15) is 17.3 Å². The summed E-state index contributed by atoms with van der Waals surface area (Å²) in [4.78, 5) is 16.3. The van der Waals surface area contributed by atoms with Crippen molar-refractivity contribution in [1.29, 1.82) is 0 Å². The van der Waals surface area contributed by atoms with Crippen molar-refractivity contribution < 1.29 is 13.6 Å². The molecular weight excluding hydrogens is 398 g/mol. The van der Waals surface area contributed by atoms with E-state index in [0.717, 1.165) is 28.1 Å². The van der Waals surface area contributed by atoms with Crippen LogP contribution in [-0.2, 0) is 6.42 Å². The Balaban J connectivity index is 1.48. The normalized spacial score (nSPS) is 10.8. The molecule has 4 rings (SSSR count). The number of carbonyl (C=O) groups excluding carboxylic acids is 1. The number of benzene rings is 2. The number of nitrogens with one attached hydrogen (secondary N) is 2. The van der Waals surface area contributed by atoms with Crippen molar-refractivity contribution in [1.82, 2.24) is 20.5 Å². The highest BCUT2D eigenvalue weighted by Crippen LogP contribution is 2.33. The number of aromatic nitrogens is 3. The molecule has 2 N–H and O–H groups in total. The first-order valence-corrected chi connectivity index (χ1v) is 9.89. The van der Waals surface area contributed by atoms with Crippen LogP contribution in [0.25, 0.3) is 22.4 Å². The second-order valence-electron chi connectivity index (χ2n) is 7.03. The van der Waals surface area contributed by atoms with E-state index in [4.69, 9.17) is 0 Å². The Morgan fingerprint density at radius 2 is 1.52 bits per heavy atom. The summed E-state index contributed by atoms with van der Waals surface area (Å²) in [6.45, 7) is 0.455. The molecule has 0 aliphatic heterocycles.